The van der Waals surface area contributed by atoms with E-state index in [2.05, 4.69) is 27.4 Å². The summed E-state index contributed by atoms with van der Waals surface area (Å²) < 4.78 is 1.13. The Balaban J connectivity index is 1.90. The number of hydrogen-bond donors (Lipinski definition) is 0. The first-order valence-corrected chi connectivity index (χ1v) is 6.09. The Morgan fingerprint density at radius 3 is 2.46 bits per heavy atom. The van der Waals surface area contributed by atoms with E-state index in [1.165, 1.54) is 38.8 Å². The van der Waals surface area contributed by atoms with E-state index in [0.717, 1.165) is 22.9 Å². The molecule has 2 fully saturated rings. The van der Waals surface area contributed by atoms with Crippen molar-refractivity contribution in [2.24, 2.45) is 11.8 Å². The van der Waals surface area contributed by atoms with Gasteiger partial charge in [-0.3, -0.25) is 4.90 Å². The molecule has 0 radical (unpaired) electrons. The zero-order valence-corrected chi connectivity index (χ0v) is 9.72. The van der Waals surface area contributed by atoms with Gasteiger partial charge in [0.1, 0.15) is 0 Å². The maximum absolute atomic E-state index is 3.92. The van der Waals surface area contributed by atoms with Gasteiger partial charge in [0.2, 0.25) is 0 Å². The molecule has 0 N–H and O–H groups in total. The van der Waals surface area contributed by atoms with Crippen molar-refractivity contribution in [2.75, 3.05) is 19.6 Å². The molecule has 2 atom stereocenters. The number of nitrogens with zero attached hydrogens (tertiary/aromatic N) is 1. The quantitative estimate of drug-likeness (QED) is 0.721. The molecule has 2 bridgehead atoms. The molecule has 13 heavy (non-hydrogen) atoms. The molecule has 1 saturated heterocycles. The molecule has 1 heterocycles. The van der Waals surface area contributed by atoms with Crippen molar-refractivity contribution < 1.29 is 0 Å². The van der Waals surface area contributed by atoms with Crippen molar-refractivity contribution in [1.82, 2.24) is 4.90 Å². The second-order valence-corrected chi connectivity index (χ2v) is 5.73. The fourth-order valence-corrected chi connectivity index (χ4v) is 3.27. The zero-order valence-electron chi connectivity index (χ0n) is 8.14. The van der Waals surface area contributed by atoms with E-state index in [-0.39, 0.29) is 0 Å². The van der Waals surface area contributed by atoms with E-state index < -0.39 is 0 Å². The van der Waals surface area contributed by atoms with Crippen LogP contribution in [0.2, 0.25) is 0 Å². The van der Waals surface area contributed by atoms with Gasteiger partial charge in [-0.25, -0.2) is 0 Å². The zero-order chi connectivity index (χ0) is 9.26. The smallest absolute Gasteiger partial charge is 0.0294 e. The van der Waals surface area contributed by atoms with Crippen LogP contribution in [-0.2, 0) is 0 Å². The van der Waals surface area contributed by atoms with Gasteiger partial charge in [-0.2, -0.15) is 0 Å². The van der Waals surface area contributed by atoms with Crippen LogP contribution in [0.25, 0.3) is 0 Å². The van der Waals surface area contributed by atoms with Gasteiger partial charge in [-0.15, -0.1) is 0 Å². The normalized spacial score (nSPS) is 34.5. The first-order chi connectivity index (χ1) is 6.24. The number of halogens is 1. The molecular formula is C11H18BrN. The summed E-state index contributed by atoms with van der Waals surface area (Å²) in [5.74, 6) is 1.97. The molecule has 2 unspecified atom stereocenters. The Labute approximate surface area is 89.3 Å². The molecule has 74 valence electrons. The van der Waals surface area contributed by atoms with Crippen LogP contribution in [0.1, 0.15) is 25.7 Å². The lowest BCUT2D eigenvalue weighted by Gasteiger charge is -2.41. The van der Waals surface area contributed by atoms with Crippen LogP contribution >= 0.6 is 15.9 Å². The highest BCUT2D eigenvalue weighted by molar-refractivity contribution is 9.11. The third-order valence-electron chi connectivity index (χ3n) is 3.32. The van der Waals surface area contributed by atoms with Gasteiger partial charge in [-0.1, -0.05) is 28.9 Å². The average Bonchev–Trinajstić information content (AvgIpc) is 2.01. The highest BCUT2D eigenvalue weighted by Gasteiger charge is 2.29. The molecule has 2 aliphatic rings. The Morgan fingerprint density at radius 2 is 1.92 bits per heavy atom. The highest BCUT2D eigenvalue weighted by Crippen LogP contribution is 2.34. The van der Waals surface area contributed by atoms with Crippen LogP contribution in [0.4, 0.5) is 0 Å². The predicted molar refractivity (Wildman–Crippen MR) is 60.0 cm³/mol. The number of hydrogen-bond acceptors (Lipinski definition) is 1. The number of fused-ring (bicyclic) bond motifs is 2. The van der Waals surface area contributed by atoms with Crippen LogP contribution < -0.4 is 0 Å². The lowest BCUT2D eigenvalue weighted by atomic mass is 9.78. The van der Waals surface area contributed by atoms with Crippen molar-refractivity contribution in [2.45, 2.75) is 25.7 Å². The second kappa shape index (κ2) is 4.14. The minimum atomic E-state index is 0.986. The second-order valence-electron chi connectivity index (χ2n) is 4.61. The highest BCUT2D eigenvalue weighted by atomic mass is 79.9. The van der Waals surface area contributed by atoms with Gasteiger partial charge in [0.25, 0.3) is 0 Å². The number of likely N-dealkylation sites (tertiary alicyclic amines) is 1. The first-order valence-electron chi connectivity index (χ1n) is 5.29. The minimum Gasteiger partial charge on any atom is -0.298 e. The lowest BCUT2D eigenvalue weighted by Crippen LogP contribution is -2.42. The lowest BCUT2D eigenvalue weighted by molar-refractivity contribution is 0.0952. The molecule has 1 aliphatic carbocycles. The van der Waals surface area contributed by atoms with Gasteiger partial charge in [0, 0.05) is 24.1 Å². The van der Waals surface area contributed by atoms with Crippen LogP contribution in [0, 0.1) is 11.8 Å². The molecule has 0 amide bonds. The molecule has 0 aromatic carbocycles. The summed E-state index contributed by atoms with van der Waals surface area (Å²) >= 11 is 3.45. The van der Waals surface area contributed by atoms with Gasteiger partial charge >= 0.3 is 0 Å². The topological polar surface area (TPSA) is 3.24 Å². The van der Waals surface area contributed by atoms with Gasteiger partial charge in [0.05, 0.1) is 0 Å². The van der Waals surface area contributed by atoms with Crippen molar-refractivity contribution in [3.63, 3.8) is 0 Å². The summed E-state index contributed by atoms with van der Waals surface area (Å²) in [6.07, 6.45) is 5.88. The van der Waals surface area contributed by atoms with E-state index in [0.29, 0.717) is 0 Å². The van der Waals surface area contributed by atoms with Crippen molar-refractivity contribution >= 4 is 15.9 Å². The first kappa shape index (κ1) is 9.72. The van der Waals surface area contributed by atoms with Crippen molar-refractivity contribution in [1.29, 1.82) is 0 Å². The molecule has 0 aromatic heterocycles. The fourth-order valence-electron chi connectivity index (χ4n) is 2.91. The summed E-state index contributed by atoms with van der Waals surface area (Å²) in [5.41, 5.74) is 0. The summed E-state index contributed by atoms with van der Waals surface area (Å²) in [6, 6.07) is 0. The van der Waals surface area contributed by atoms with E-state index in [1.54, 1.807) is 0 Å². The molecule has 0 aromatic rings. The molecule has 2 rings (SSSR count). The van der Waals surface area contributed by atoms with E-state index in [4.69, 9.17) is 0 Å². The van der Waals surface area contributed by atoms with Crippen LogP contribution in [0.15, 0.2) is 11.1 Å². The van der Waals surface area contributed by atoms with Crippen LogP contribution in [0.3, 0.4) is 0 Å². The van der Waals surface area contributed by atoms with E-state index in [1.807, 2.05) is 0 Å². The van der Waals surface area contributed by atoms with Gasteiger partial charge in [0.15, 0.2) is 0 Å². The third-order valence-corrected chi connectivity index (χ3v) is 3.57. The predicted octanol–water partition coefficient (Wildman–Crippen LogP) is 3.02. The molecule has 1 aliphatic heterocycles. The number of piperidine rings is 1. The Morgan fingerprint density at radius 1 is 1.31 bits per heavy atom. The van der Waals surface area contributed by atoms with Crippen LogP contribution in [-0.4, -0.2) is 24.5 Å². The van der Waals surface area contributed by atoms with Crippen molar-refractivity contribution in [3.05, 3.63) is 11.1 Å². The van der Waals surface area contributed by atoms with Crippen LogP contribution in [0.5, 0.6) is 0 Å². The van der Waals surface area contributed by atoms with Gasteiger partial charge < -0.3 is 0 Å². The summed E-state index contributed by atoms with van der Waals surface area (Å²) in [7, 11) is 0. The van der Waals surface area contributed by atoms with Gasteiger partial charge in [-0.05, 0) is 31.1 Å². The molecular weight excluding hydrogens is 226 g/mol. The van der Waals surface area contributed by atoms with E-state index >= 15 is 0 Å². The molecule has 1 nitrogen and oxygen atoms in total. The number of rotatable bonds is 2. The molecule has 1 saturated carbocycles. The Kier molecular flexibility index (Phi) is 3.10. The average molecular weight is 244 g/mol. The van der Waals surface area contributed by atoms with Crippen molar-refractivity contribution in [3.8, 4) is 0 Å². The maximum Gasteiger partial charge on any atom is 0.0294 e. The third kappa shape index (κ3) is 2.57. The standard InChI is InChI=1S/C11H18BrN/c1-9(12)6-13-7-10-3-2-4-11(5-10)8-13/h10-11H,1-8H2. The monoisotopic (exact) mass is 243 g/mol. The van der Waals surface area contributed by atoms with E-state index in [9.17, 15) is 0 Å². The Hall–Kier alpha value is 0.180. The summed E-state index contributed by atoms with van der Waals surface area (Å²) in [4.78, 5) is 2.56. The fraction of sp³-hybridized carbons (Fsp3) is 0.818. The minimum absolute atomic E-state index is 0.986. The molecule has 0 spiro atoms. The SMILES string of the molecule is C=C(Br)CN1CC2CCCC(C2)C1. The maximum atomic E-state index is 3.92. The largest absolute Gasteiger partial charge is 0.298 e. The summed E-state index contributed by atoms with van der Waals surface area (Å²) in [5, 5.41) is 0. The summed E-state index contributed by atoms with van der Waals surface area (Å²) in [6.45, 7) is 7.58. The Bertz CT molecular complexity index is 190. The molecule has 2 heteroatoms.